The van der Waals surface area contributed by atoms with E-state index in [0.29, 0.717) is 29.5 Å². The van der Waals surface area contributed by atoms with Crippen molar-refractivity contribution in [1.29, 1.82) is 0 Å². The first-order valence-electron chi connectivity index (χ1n) is 11.6. The van der Waals surface area contributed by atoms with Crippen LogP contribution in [-0.4, -0.2) is 53.1 Å². The summed E-state index contributed by atoms with van der Waals surface area (Å²) in [4.78, 5) is 29.4. The molecule has 3 aromatic rings. The van der Waals surface area contributed by atoms with E-state index in [-0.39, 0.29) is 24.4 Å². The fourth-order valence-corrected chi connectivity index (χ4v) is 3.90. The van der Waals surface area contributed by atoms with Crippen LogP contribution < -0.4 is 10.6 Å². The molecular weight excluding hydrogens is 479 g/mol. The quantitative estimate of drug-likeness (QED) is 0.409. The van der Waals surface area contributed by atoms with Gasteiger partial charge in [-0.05, 0) is 57.2 Å². The third-order valence-corrected chi connectivity index (χ3v) is 6.10. The van der Waals surface area contributed by atoms with Crippen LogP contribution in [0, 0.1) is 5.92 Å². The van der Waals surface area contributed by atoms with Crippen LogP contribution in [-0.2, 0) is 11.3 Å². The Kier molecular flexibility index (Phi) is 6.78. The molecule has 1 saturated carbocycles. The number of nitrogens with one attached hydrogen (secondary N) is 2. The lowest BCUT2D eigenvalue weighted by molar-refractivity contribution is -0.253. The fraction of sp³-hybridized carbons (Fsp3) is 0.522. The van der Waals surface area contributed by atoms with Gasteiger partial charge in [0.05, 0.1) is 37.1 Å². The lowest BCUT2D eigenvalue weighted by Crippen LogP contribution is -2.46. The second-order valence-corrected chi connectivity index (χ2v) is 9.59. The highest BCUT2D eigenvalue weighted by molar-refractivity contribution is 5.92. The van der Waals surface area contributed by atoms with E-state index < -0.39 is 30.1 Å². The molecule has 4 rings (SSSR count). The summed E-state index contributed by atoms with van der Waals surface area (Å²) in [6, 6.07) is 2.82. The molecule has 13 heteroatoms. The molecule has 1 aliphatic carbocycles. The topological polar surface area (TPSA) is 126 Å². The summed E-state index contributed by atoms with van der Waals surface area (Å²) in [6.07, 6.45) is 0.349. The van der Waals surface area contributed by atoms with E-state index in [1.807, 2.05) is 13.8 Å². The van der Waals surface area contributed by atoms with Crippen molar-refractivity contribution < 1.29 is 27.9 Å². The maximum atomic E-state index is 13.0. The minimum absolute atomic E-state index is 0.0260. The molecule has 0 radical (unpaired) electrons. The molecule has 0 spiro atoms. The zero-order chi connectivity index (χ0) is 26.3. The Morgan fingerprint density at radius 2 is 1.97 bits per heavy atom. The van der Waals surface area contributed by atoms with Gasteiger partial charge in [0.1, 0.15) is 5.69 Å². The van der Waals surface area contributed by atoms with Gasteiger partial charge in [-0.15, -0.1) is 0 Å². The highest BCUT2D eigenvalue weighted by atomic mass is 19.4. The smallest absolute Gasteiger partial charge is 0.380 e. The summed E-state index contributed by atoms with van der Waals surface area (Å²) in [6.45, 7) is 4.57. The highest BCUT2D eigenvalue weighted by Gasteiger charge is 2.51. The van der Waals surface area contributed by atoms with Gasteiger partial charge in [-0.2, -0.15) is 23.4 Å². The van der Waals surface area contributed by atoms with Crippen molar-refractivity contribution in [2.75, 3.05) is 0 Å². The van der Waals surface area contributed by atoms with E-state index in [0.717, 1.165) is 12.8 Å². The Hall–Kier alpha value is -3.48. The average molecular weight is 508 g/mol. The van der Waals surface area contributed by atoms with Crippen LogP contribution in [0.25, 0.3) is 5.65 Å². The maximum absolute atomic E-state index is 13.0. The van der Waals surface area contributed by atoms with Crippen LogP contribution in [0.15, 0.2) is 30.7 Å². The third-order valence-electron chi connectivity index (χ3n) is 6.10. The monoisotopic (exact) mass is 507 g/mol. The molecule has 1 aliphatic rings. The van der Waals surface area contributed by atoms with Gasteiger partial charge in [0.15, 0.2) is 11.2 Å². The van der Waals surface area contributed by atoms with Gasteiger partial charge in [0.2, 0.25) is 5.91 Å². The number of amides is 2. The van der Waals surface area contributed by atoms with E-state index in [2.05, 4.69) is 25.8 Å². The lowest BCUT2D eigenvalue weighted by atomic mass is 9.99. The van der Waals surface area contributed by atoms with Gasteiger partial charge in [-0.3, -0.25) is 14.3 Å². The van der Waals surface area contributed by atoms with Crippen molar-refractivity contribution in [3.05, 3.63) is 47.7 Å². The Balaban J connectivity index is 1.45. The van der Waals surface area contributed by atoms with E-state index >= 15 is 0 Å². The SMILES string of the molecule is CC(C)n1nccc1C(=O)NCc1cn2ncc(C(NC(=O)CC(C)(O)C(F)(F)F)C3CC3)cc2n1. The number of hydrogen-bond acceptors (Lipinski definition) is 6. The van der Waals surface area contributed by atoms with Gasteiger partial charge in [-0.1, -0.05) is 0 Å². The van der Waals surface area contributed by atoms with Gasteiger partial charge >= 0.3 is 6.18 Å². The van der Waals surface area contributed by atoms with Gasteiger partial charge in [0, 0.05) is 12.2 Å². The molecule has 2 amide bonds. The molecular formula is C23H28F3N7O3. The summed E-state index contributed by atoms with van der Waals surface area (Å²) in [7, 11) is 0. The first-order chi connectivity index (χ1) is 16.9. The molecule has 36 heavy (non-hydrogen) atoms. The summed E-state index contributed by atoms with van der Waals surface area (Å²) >= 11 is 0. The molecule has 194 valence electrons. The molecule has 0 saturated heterocycles. The first kappa shape index (κ1) is 25.6. The normalized spacial score (nSPS) is 16.7. The maximum Gasteiger partial charge on any atom is 0.417 e. The standard InChI is InChI=1S/C23H28F3N7O3/c1-13(2)33-17(6-7-28-33)21(35)27-11-16-12-32-18(30-16)8-15(10-29-32)20(14-4-5-14)31-19(34)9-22(3,36)23(24,25)26/h6-8,10,12-14,20,36H,4-5,9,11H2,1-3H3,(H,27,35)(H,31,34). The van der Waals surface area contributed by atoms with Crippen LogP contribution in [0.5, 0.6) is 0 Å². The number of nitrogens with zero attached hydrogens (tertiary/aromatic N) is 5. The van der Waals surface area contributed by atoms with Crippen molar-refractivity contribution in [2.45, 2.75) is 70.4 Å². The van der Waals surface area contributed by atoms with Crippen LogP contribution in [0.4, 0.5) is 13.2 Å². The number of hydrogen-bond donors (Lipinski definition) is 3. The van der Waals surface area contributed by atoms with Crippen molar-refractivity contribution in [1.82, 2.24) is 35.0 Å². The summed E-state index contributed by atoms with van der Waals surface area (Å²) in [5.41, 5.74) is -1.07. The Labute approximate surface area is 204 Å². The number of aliphatic hydroxyl groups is 1. The van der Waals surface area contributed by atoms with E-state index in [1.54, 1.807) is 29.2 Å². The highest BCUT2D eigenvalue weighted by Crippen LogP contribution is 2.41. The van der Waals surface area contributed by atoms with Crippen molar-refractivity contribution in [2.24, 2.45) is 5.92 Å². The zero-order valence-corrected chi connectivity index (χ0v) is 20.1. The number of fused-ring (bicyclic) bond motifs is 1. The number of carbonyl (C=O) groups is 2. The lowest BCUT2D eigenvalue weighted by Gasteiger charge is -2.27. The number of imidazole rings is 1. The van der Waals surface area contributed by atoms with Gasteiger partial charge in [-0.25, -0.2) is 9.50 Å². The van der Waals surface area contributed by atoms with E-state index in [1.165, 1.54) is 10.7 Å². The third kappa shape index (κ3) is 5.50. The Bertz CT molecular complexity index is 1260. The molecule has 3 heterocycles. The molecule has 0 aliphatic heterocycles. The number of alkyl halides is 3. The minimum Gasteiger partial charge on any atom is -0.380 e. The van der Waals surface area contributed by atoms with Crippen LogP contribution in [0.1, 0.15) is 73.9 Å². The summed E-state index contributed by atoms with van der Waals surface area (Å²) in [5.74, 6) is -1.13. The minimum atomic E-state index is -4.92. The number of rotatable bonds is 9. The molecule has 0 bridgehead atoms. The average Bonchev–Trinajstić information content (AvgIpc) is 3.34. The Morgan fingerprint density at radius 3 is 2.61 bits per heavy atom. The predicted octanol–water partition coefficient (Wildman–Crippen LogP) is 2.71. The van der Waals surface area contributed by atoms with Crippen LogP contribution in [0.2, 0.25) is 0 Å². The van der Waals surface area contributed by atoms with Crippen molar-refractivity contribution in [3.8, 4) is 0 Å². The van der Waals surface area contributed by atoms with E-state index in [9.17, 15) is 27.9 Å². The van der Waals surface area contributed by atoms with Crippen LogP contribution in [0.3, 0.4) is 0 Å². The van der Waals surface area contributed by atoms with Crippen molar-refractivity contribution in [3.63, 3.8) is 0 Å². The largest absolute Gasteiger partial charge is 0.417 e. The van der Waals surface area contributed by atoms with Crippen molar-refractivity contribution >= 4 is 17.5 Å². The van der Waals surface area contributed by atoms with Gasteiger partial charge < -0.3 is 15.7 Å². The fourth-order valence-electron chi connectivity index (χ4n) is 3.90. The molecule has 10 nitrogen and oxygen atoms in total. The molecule has 0 aromatic carbocycles. The first-order valence-corrected chi connectivity index (χ1v) is 11.6. The molecule has 1 fully saturated rings. The molecule has 2 atom stereocenters. The van der Waals surface area contributed by atoms with Gasteiger partial charge in [0.25, 0.3) is 5.91 Å². The summed E-state index contributed by atoms with van der Waals surface area (Å²) < 4.78 is 42.0. The summed E-state index contributed by atoms with van der Waals surface area (Å²) in [5, 5.41) is 23.5. The molecule has 3 N–H and O–H groups in total. The van der Waals surface area contributed by atoms with E-state index in [4.69, 9.17) is 0 Å². The number of carbonyl (C=O) groups excluding carboxylic acids is 2. The predicted molar refractivity (Wildman–Crippen MR) is 122 cm³/mol. The second-order valence-electron chi connectivity index (χ2n) is 9.59. The number of aromatic nitrogens is 5. The second kappa shape index (κ2) is 9.52. The van der Waals surface area contributed by atoms with Crippen LogP contribution >= 0.6 is 0 Å². The zero-order valence-electron chi connectivity index (χ0n) is 20.1. The Morgan fingerprint density at radius 1 is 1.25 bits per heavy atom. The number of halogens is 3. The molecule has 2 unspecified atom stereocenters. The molecule has 3 aromatic heterocycles.